The highest BCUT2D eigenvalue weighted by atomic mass is 79.9. The fourth-order valence-electron chi connectivity index (χ4n) is 1.68. The lowest BCUT2D eigenvalue weighted by atomic mass is 10.0. The van der Waals surface area contributed by atoms with Crippen molar-refractivity contribution < 1.29 is 4.39 Å². The summed E-state index contributed by atoms with van der Waals surface area (Å²) in [4.78, 5) is 0.560. The zero-order valence-corrected chi connectivity index (χ0v) is 11.0. The number of benzene rings is 1. The van der Waals surface area contributed by atoms with E-state index < -0.39 is 0 Å². The molecule has 0 fully saturated rings. The molecule has 0 N–H and O–H groups in total. The average Bonchev–Trinajstić information content (AvgIpc) is 2.20. The monoisotopic (exact) mass is 272 g/mol. The topological polar surface area (TPSA) is 0 Å². The van der Waals surface area contributed by atoms with Crippen LogP contribution in [0.4, 0.5) is 4.39 Å². The molecule has 0 heterocycles. The Morgan fingerprint density at radius 1 is 1.33 bits per heavy atom. The highest BCUT2D eigenvalue weighted by molar-refractivity contribution is 9.09. The van der Waals surface area contributed by atoms with Crippen molar-refractivity contribution in [1.29, 1.82) is 0 Å². The average molecular weight is 273 g/mol. The minimum absolute atomic E-state index is 0.128. The predicted octanol–water partition coefficient (Wildman–Crippen LogP) is 4.63. The summed E-state index contributed by atoms with van der Waals surface area (Å²) in [5.41, 5.74) is 2.32. The molecule has 1 rings (SSSR count). The molecule has 0 aromatic heterocycles. The van der Waals surface area contributed by atoms with E-state index in [0.29, 0.717) is 4.83 Å². The third kappa shape index (κ3) is 4.33. The molecule has 1 aromatic rings. The van der Waals surface area contributed by atoms with Crippen molar-refractivity contribution >= 4 is 15.9 Å². The van der Waals surface area contributed by atoms with Gasteiger partial charge in [0.2, 0.25) is 0 Å². The minimum Gasteiger partial charge on any atom is -0.207 e. The van der Waals surface area contributed by atoms with E-state index in [1.54, 1.807) is 6.07 Å². The Balaban J connectivity index is 2.53. The van der Waals surface area contributed by atoms with E-state index in [1.807, 2.05) is 13.0 Å². The number of hydrogen-bond acceptors (Lipinski definition) is 0. The van der Waals surface area contributed by atoms with E-state index in [9.17, 15) is 4.39 Å². The lowest BCUT2D eigenvalue weighted by Crippen LogP contribution is -2.01. The molecule has 1 unspecified atom stereocenters. The normalized spacial score (nSPS) is 12.8. The van der Waals surface area contributed by atoms with Crippen molar-refractivity contribution in [2.45, 2.75) is 44.4 Å². The smallest absolute Gasteiger partial charge is 0.123 e. The second-order valence-electron chi connectivity index (χ2n) is 4.00. The molecule has 0 aliphatic rings. The van der Waals surface area contributed by atoms with Gasteiger partial charge < -0.3 is 0 Å². The van der Waals surface area contributed by atoms with Crippen LogP contribution in [0.5, 0.6) is 0 Å². The first-order valence-electron chi connectivity index (χ1n) is 5.52. The second-order valence-corrected chi connectivity index (χ2v) is 5.29. The van der Waals surface area contributed by atoms with Crippen LogP contribution in [-0.2, 0) is 6.42 Å². The van der Waals surface area contributed by atoms with Gasteiger partial charge in [-0.25, -0.2) is 4.39 Å². The van der Waals surface area contributed by atoms with Gasteiger partial charge in [0.15, 0.2) is 0 Å². The first kappa shape index (κ1) is 12.7. The van der Waals surface area contributed by atoms with Crippen molar-refractivity contribution in [2.24, 2.45) is 0 Å². The van der Waals surface area contributed by atoms with Crippen molar-refractivity contribution in [1.82, 2.24) is 0 Å². The zero-order chi connectivity index (χ0) is 11.3. The quantitative estimate of drug-likeness (QED) is 0.686. The highest BCUT2D eigenvalue weighted by Crippen LogP contribution is 2.18. The summed E-state index contributed by atoms with van der Waals surface area (Å²) >= 11 is 3.64. The maximum atomic E-state index is 13.0. The maximum Gasteiger partial charge on any atom is 0.123 e. The molecule has 0 amide bonds. The van der Waals surface area contributed by atoms with Gasteiger partial charge in [0.25, 0.3) is 0 Å². The number of alkyl halides is 1. The van der Waals surface area contributed by atoms with E-state index in [-0.39, 0.29) is 5.82 Å². The van der Waals surface area contributed by atoms with E-state index >= 15 is 0 Å². The van der Waals surface area contributed by atoms with Gasteiger partial charge in [-0.3, -0.25) is 0 Å². The molecule has 15 heavy (non-hydrogen) atoms. The van der Waals surface area contributed by atoms with E-state index in [0.717, 1.165) is 18.4 Å². The summed E-state index contributed by atoms with van der Waals surface area (Å²) in [5.74, 6) is -0.128. The molecule has 0 nitrogen and oxygen atoms in total. The Bertz CT molecular complexity index is 309. The number of hydrogen-bond donors (Lipinski definition) is 0. The van der Waals surface area contributed by atoms with Gasteiger partial charge in [0.1, 0.15) is 5.82 Å². The van der Waals surface area contributed by atoms with Crippen LogP contribution in [0.15, 0.2) is 18.2 Å². The Labute approximate surface area is 100 Å². The van der Waals surface area contributed by atoms with Crippen LogP contribution in [0, 0.1) is 12.7 Å². The van der Waals surface area contributed by atoms with Gasteiger partial charge in [-0.1, -0.05) is 35.3 Å². The molecule has 0 saturated heterocycles. The van der Waals surface area contributed by atoms with Crippen molar-refractivity contribution in [3.05, 3.63) is 35.1 Å². The fraction of sp³-hybridized carbons (Fsp3) is 0.538. The van der Waals surface area contributed by atoms with Crippen molar-refractivity contribution in [3.8, 4) is 0 Å². The van der Waals surface area contributed by atoms with Gasteiger partial charge in [0, 0.05) is 4.83 Å². The fourth-order valence-corrected chi connectivity index (χ4v) is 2.37. The molecule has 0 saturated carbocycles. The van der Waals surface area contributed by atoms with Crippen molar-refractivity contribution in [2.75, 3.05) is 0 Å². The number of halogens is 2. The standard InChI is InChI=1S/C13H18BrF/c1-3-4-12(14)7-6-11-9-13(15)8-5-10(11)2/h5,8-9,12H,3-4,6-7H2,1-2H3. The van der Waals surface area contributed by atoms with Crippen LogP contribution in [0.25, 0.3) is 0 Å². The Hall–Kier alpha value is -0.370. The van der Waals surface area contributed by atoms with Crippen LogP contribution >= 0.6 is 15.9 Å². The molecule has 0 spiro atoms. The van der Waals surface area contributed by atoms with Gasteiger partial charge >= 0.3 is 0 Å². The first-order chi connectivity index (χ1) is 7.13. The maximum absolute atomic E-state index is 13.0. The Morgan fingerprint density at radius 2 is 2.07 bits per heavy atom. The SMILES string of the molecule is CCCC(Br)CCc1cc(F)ccc1C. The summed E-state index contributed by atoms with van der Waals surface area (Å²) in [6, 6.07) is 5.03. The van der Waals surface area contributed by atoms with Crippen LogP contribution in [-0.4, -0.2) is 4.83 Å². The minimum atomic E-state index is -0.128. The molecule has 84 valence electrons. The predicted molar refractivity (Wildman–Crippen MR) is 67.1 cm³/mol. The third-order valence-electron chi connectivity index (χ3n) is 2.64. The summed E-state index contributed by atoms with van der Waals surface area (Å²) in [6.45, 7) is 4.22. The van der Waals surface area contributed by atoms with E-state index in [2.05, 4.69) is 22.9 Å². The first-order valence-corrected chi connectivity index (χ1v) is 6.44. The van der Waals surface area contributed by atoms with Crippen LogP contribution in [0.2, 0.25) is 0 Å². The molecule has 0 bridgehead atoms. The summed E-state index contributed by atoms with van der Waals surface area (Å²) in [7, 11) is 0. The molecular formula is C13H18BrF. The van der Waals surface area contributed by atoms with E-state index in [1.165, 1.54) is 24.5 Å². The number of aryl methyl sites for hydroxylation is 2. The van der Waals surface area contributed by atoms with Crippen LogP contribution in [0.1, 0.15) is 37.3 Å². The third-order valence-corrected chi connectivity index (χ3v) is 3.56. The Kier molecular flexibility index (Phi) is 5.30. The largest absolute Gasteiger partial charge is 0.207 e. The Morgan fingerprint density at radius 3 is 2.73 bits per heavy atom. The molecule has 0 radical (unpaired) electrons. The molecule has 0 aliphatic heterocycles. The second kappa shape index (κ2) is 6.26. The summed E-state index contributed by atoms with van der Waals surface area (Å²) in [6.07, 6.45) is 4.42. The molecular weight excluding hydrogens is 255 g/mol. The van der Waals surface area contributed by atoms with Crippen molar-refractivity contribution in [3.63, 3.8) is 0 Å². The van der Waals surface area contributed by atoms with E-state index in [4.69, 9.17) is 0 Å². The van der Waals surface area contributed by atoms with Gasteiger partial charge in [-0.15, -0.1) is 0 Å². The van der Waals surface area contributed by atoms with Gasteiger partial charge in [0.05, 0.1) is 0 Å². The molecule has 0 aliphatic carbocycles. The van der Waals surface area contributed by atoms with Gasteiger partial charge in [-0.2, -0.15) is 0 Å². The summed E-state index contributed by atoms with van der Waals surface area (Å²) < 4.78 is 13.0. The van der Waals surface area contributed by atoms with Crippen LogP contribution in [0.3, 0.4) is 0 Å². The highest BCUT2D eigenvalue weighted by Gasteiger charge is 2.05. The van der Waals surface area contributed by atoms with Crippen LogP contribution < -0.4 is 0 Å². The lowest BCUT2D eigenvalue weighted by Gasteiger charge is -2.10. The molecule has 2 heteroatoms. The number of rotatable bonds is 5. The molecule has 1 aromatic carbocycles. The van der Waals surface area contributed by atoms with Gasteiger partial charge in [-0.05, 0) is 49.4 Å². The lowest BCUT2D eigenvalue weighted by molar-refractivity contribution is 0.622. The molecule has 1 atom stereocenters. The summed E-state index contributed by atoms with van der Waals surface area (Å²) in [5, 5.41) is 0. The zero-order valence-electron chi connectivity index (χ0n) is 9.39.